The SMILES string of the molecule is O=C(O)c1ccc(CO[C@@H]2CCCCO2)cc1. The Bertz CT molecular complexity index is 366. The predicted molar refractivity (Wildman–Crippen MR) is 61.8 cm³/mol. The van der Waals surface area contributed by atoms with Crippen molar-refractivity contribution in [2.75, 3.05) is 6.61 Å². The molecule has 1 aliphatic rings. The number of carboxylic acids is 1. The zero-order valence-electron chi connectivity index (χ0n) is 9.59. The van der Waals surface area contributed by atoms with Crippen molar-refractivity contribution in [2.24, 2.45) is 0 Å². The summed E-state index contributed by atoms with van der Waals surface area (Å²) in [6.07, 6.45) is 3.08. The van der Waals surface area contributed by atoms with Crippen molar-refractivity contribution >= 4 is 5.97 Å². The van der Waals surface area contributed by atoms with Crippen LogP contribution in [0.3, 0.4) is 0 Å². The summed E-state index contributed by atoms with van der Waals surface area (Å²) < 4.78 is 11.0. The fourth-order valence-electron chi connectivity index (χ4n) is 1.78. The van der Waals surface area contributed by atoms with E-state index in [0.29, 0.717) is 12.2 Å². The Labute approximate surface area is 100 Å². The molecule has 2 rings (SSSR count). The lowest BCUT2D eigenvalue weighted by Gasteiger charge is -2.22. The van der Waals surface area contributed by atoms with Crippen LogP contribution in [-0.2, 0) is 16.1 Å². The van der Waals surface area contributed by atoms with E-state index in [1.807, 2.05) is 0 Å². The molecule has 0 unspecified atom stereocenters. The summed E-state index contributed by atoms with van der Waals surface area (Å²) in [7, 11) is 0. The molecule has 0 aromatic heterocycles. The summed E-state index contributed by atoms with van der Waals surface area (Å²) in [6.45, 7) is 1.23. The van der Waals surface area contributed by atoms with E-state index in [1.165, 1.54) is 0 Å². The number of rotatable bonds is 4. The van der Waals surface area contributed by atoms with Crippen molar-refractivity contribution in [3.8, 4) is 0 Å². The van der Waals surface area contributed by atoms with E-state index in [9.17, 15) is 4.79 Å². The zero-order chi connectivity index (χ0) is 12.1. The highest BCUT2D eigenvalue weighted by molar-refractivity contribution is 5.87. The summed E-state index contributed by atoms with van der Waals surface area (Å²) in [5.41, 5.74) is 1.26. The van der Waals surface area contributed by atoms with Gasteiger partial charge in [-0.25, -0.2) is 4.79 Å². The zero-order valence-corrected chi connectivity index (χ0v) is 9.59. The smallest absolute Gasteiger partial charge is 0.335 e. The summed E-state index contributed by atoms with van der Waals surface area (Å²) in [5.74, 6) is -0.909. The Balaban J connectivity index is 1.84. The average Bonchev–Trinajstić information content (AvgIpc) is 2.38. The Morgan fingerprint density at radius 3 is 2.71 bits per heavy atom. The third kappa shape index (κ3) is 3.54. The topological polar surface area (TPSA) is 55.8 Å². The molecule has 17 heavy (non-hydrogen) atoms. The maximum atomic E-state index is 10.7. The minimum atomic E-state index is -0.909. The first-order valence-corrected chi connectivity index (χ1v) is 5.81. The van der Waals surface area contributed by atoms with Crippen LogP contribution in [-0.4, -0.2) is 24.0 Å². The van der Waals surface area contributed by atoms with Crippen LogP contribution in [0.15, 0.2) is 24.3 Å². The molecular formula is C13H16O4. The second-order valence-electron chi connectivity index (χ2n) is 4.11. The van der Waals surface area contributed by atoms with E-state index in [1.54, 1.807) is 24.3 Å². The molecule has 1 aromatic carbocycles. The molecule has 1 aromatic rings. The number of carboxylic acid groups (broad SMARTS) is 1. The van der Waals surface area contributed by atoms with Gasteiger partial charge in [-0.3, -0.25) is 0 Å². The Hall–Kier alpha value is -1.39. The van der Waals surface area contributed by atoms with E-state index >= 15 is 0 Å². The molecule has 4 nitrogen and oxygen atoms in total. The summed E-state index contributed by atoms with van der Waals surface area (Å²) in [6, 6.07) is 6.71. The van der Waals surface area contributed by atoms with Crippen molar-refractivity contribution in [3.05, 3.63) is 35.4 Å². The Kier molecular flexibility index (Phi) is 4.12. The van der Waals surface area contributed by atoms with Gasteiger partial charge in [-0.2, -0.15) is 0 Å². The molecule has 0 bridgehead atoms. The van der Waals surface area contributed by atoms with Gasteiger partial charge >= 0.3 is 5.97 Å². The van der Waals surface area contributed by atoms with Gasteiger partial charge in [0.15, 0.2) is 6.29 Å². The molecule has 4 heteroatoms. The predicted octanol–water partition coefficient (Wildman–Crippen LogP) is 2.43. The molecule has 1 N–H and O–H groups in total. The summed E-state index contributed by atoms with van der Waals surface area (Å²) >= 11 is 0. The highest BCUT2D eigenvalue weighted by atomic mass is 16.7. The third-order valence-corrected chi connectivity index (χ3v) is 2.77. The van der Waals surface area contributed by atoms with Gasteiger partial charge < -0.3 is 14.6 Å². The van der Waals surface area contributed by atoms with Crippen LogP contribution in [0, 0.1) is 0 Å². The van der Waals surface area contributed by atoms with Crippen molar-refractivity contribution in [1.82, 2.24) is 0 Å². The number of hydrogen-bond acceptors (Lipinski definition) is 3. The van der Waals surface area contributed by atoms with Gasteiger partial charge in [0.2, 0.25) is 0 Å². The van der Waals surface area contributed by atoms with Crippen molar-refractivity contribution in [2.45, 2.75) is 32.2 Å². The number of carbonyl (C=O) groups is 1. The number of benzene rings is 1. The quantitative estimate of drug-likeness (QED) is 0.872. The van der Waals surface area contributed by atoms with Gasteiger partial charge in [0.1, 0.15) is 0 Å². The van der Waals surface area contributed by atoms with Crippen LogP contribution in [0.1, 0.15) is 35.2 Å². The molecule has 0 radical (unpaired) electrons. The normalized spacial score (nSPS) is 20.1. The molecule has 1 heterocycles. The Morgan fingerprint density at radius 2 is 2.12 bits per heavy atom. The fraction of sp³-hybridized carbons (Fsp3) is 0.462. The van der Waals surface area contributed by atoms with Crippen LogP contribution in [0.5, 0.6) is 0 Å². The summed E-state index contributed by atoms with van der Waals surface area (Å²) in [4.78, 5) is 10.7. The highest BCUT2D eigenvalue weighted by Gasteiger charge is 2.13. The molecule has 1 fully saturated rings. The second kappa shape index (κ2) is 5.80. The molecule has 1 saturated heterocycles. The van der Waals surface area contributed by atoms with Crippen LogP contribution < -0.4 is 0 Å². The third-order valence-electron chi connectivity index (χ3n) is 2.77. The molecular weight excluding hydrogens is 220 g/mol. The van der Waals surface area contributed by atoms with Crippen molar-refractivity contribution < 1.29 is 19.4 Å². The monoisotopic (exact) mass is 236 g/mol. The molecule has 1 aliphatic heterocycles. The van der Waals surface area contributed by atoms with Crippen LogP contribution in [0.2, 0.25) is 0 Å². The lowest BCUT2D eigenvalue weighted by atomic mass is 10.1. The fourth-order valence-corrected chi connectivity index (χ4v) is 1.78. The number of aromatic carboxylic acids is 1. The second-order valence-corrected chi connectivity index (χ2v) is 4.11. The molecule has 1 atom stereocenters. The van der Waals surface area contributed by atoms with E-state index in [0.717, 1.165) is 31.4 Å². The lowest BCUT2D eigenvalue weighted by Crippen LogP contribution is -2.21. The maximum absolute atomic E-state index is 10.7. The molecule has 0 spiro atoms. The standard InChI is InChI=1S/C13H16O4/c14-13(15)11-6-4-10(5-7-11)9-17-12-3-1-2-8-16-12/h4-7,12H,1-3,8-9H2,(H,14,15)/t12-/m1/s1. The highest BCUT2D eigenvalue weighted by Crippen LogP contribution is 2.15. The van der Waals surface area contributed by atoms with Gasteiger partial charge in [-0.1, -0.05) is 12.1 Å². The van der Waals surface area contributed by atoms with E-state index in [2.05, 4.69) is 0 Å². The molecule has 0 amide bonds. The van der Waals surface area contributed by atoms with Gasteiger partial charge in [-0.05, 0) is 37.0 Å². The average molecular weight is 236 g/mol. The van der Waals surface area contributed by atoms with Gasteiger partial charge in [0.25, 0.3) is 0 Å². The largest absolute Gasteiger partial charge is 0.478 e. The van der Waals surface area contributed by atoms with E-state index in [-0.39, 0.29) is 6.29 Å². The molecule has 92 valence electrons. The number of ether oxygens (including phenoxy) is 2. The van der Waals surface area contributed by atoms with Crippen LogP contribution in [0.25, 0.3) is 0 Å². The van der Waals surface area contributed by atoms with E-state index in [4.69, 9.17) is 14.6 Å². The van der Waals surface area contributed by atoms with Crippen molar-refractivity contribution in [3.63, 3.8) is 0 Å². The van der Waals surface area contributed by atoms with Crippen LogP contribution >= 0.6 is 0 Å². The summed E-state index contributed by atoms with van der Waals surface area (Å²) in [5, 5.41) is 8.76. The van der Waals surface area contributed by atoms with Gasteiger partial charge in [0, 0.05) is 6.61 Å². The first kappa shape index (κ1) is 12.1. The van der Waals surface area contributed by atoms with Gasteiger partial charge in [-0.15, -0.1) is 0 Å². The molecule has 0 aliphatic carbocycles. The maximum Gasteiger partial charge on any atom is 0.335 e. The first-order valence-electron chi connectivity index (χ1n) is 5.81. The minimum absolute atomic E-state index is 0.108. The van der Waals surface area contributed by atoms with E-state index < -0.39 is 5.97 Å². The lowest BCUT2D eigenvalue weighted by molar-refractivity contribution is -0.168. The number of hydrogen-bond donors (Lipinski definition) is 1. The minimum Gasteiger partial charge on any atom is -0.478 e. The Morgan fingerprint density at radius 1 is 1.35 bits per heavy atom. The van der Waals surface area contributed by atoms with Gasteiger partial charge in [0.05, 0.1) is 12.2 Å². The molecule has 0 saturated carbocycles. The first-order chi connectivity index (χ1) is 8.25. The van der Waals surface area contributed by atoms with Crippen LogP contribution in [0.4, 0.5) is 0 Å². The van der Waals surface area contributed by atoms with Crippen molar-refractivity contribution in [1.29, 1.82) is 0 Å².